The minimum atomic E-state index is -0.537. The second kappa shape index (κ2) is 7.64. The molecule has 1 atom stereocenters. The van der Waals surface area contributed by atoms with Crippen LogP contribution in [-0.2, 0) is 20.4 Å². The Bertz CT molecular complexity index is 915. The number of aliphatic hydroxyl groups excluding tert-OH is 1. The summed E-state index contributed by atoms with van der Waals surface area (Å²) < 4.78 is 0. The van der Waals surface area contributed by atoms with Gasteiger partial charge in [-0.2, -0.15) is 0 Å². The number of nitrogens with one attached hydrogen (secondary N) is 1. The number of aliphatic hydroxyl groups is 1. The number of allylic oxidation sites excluding steroid dienone is 4. The summed E-state index contributed by atoms with van der Waals surface area (Å²) in [7, 11) is 0. The Morgan fingerprint density at radius 3 is 2.76 bits per heavy atom. The van der Waals surface area contributed by atoms with Crippen molar-refractivity contribution in [3.8, 4) is 0 Å². The van der Waals surface area contributed by atoms with E-state index < -0.39 is 6.10 Å². The van der Waals surface area contributed by atoms with E-state index in [1.54, 1.807) is 0 Å². The smallest absolute Gasteiger partial charge is 0.0977 e. The molecule has 0 fully saturated rings. The van der Waals surface area contributed by atoms with Gasteiger partial charge in [-0.15, -0.1) is 6.54 Å². The van der Waals surface area contributed by atoms with Gasteiger partial charge in [-0.3, -0.25) is 0 Å². The molecule has 1 radical (unpaired) electrons. The van der Waals surface area contributed by atoms with E-state index in [-0.39, 0.29) is 20.4 Å². The van der Waals surface area contributed by atoms with Crippen molar-refractivity contribution >= 4 is 16.8 Å². The maximum absolute atomic E-state index is 10.4. The van der Waals surface area contributed by atoms with Crippen LogP contribution in [0.5, 0.6) is 0 Å². The van der Waals surface area contributed by atoms with Gasteiger partial charge >= 0.3 is 0 Å². The normalized spacial score (nSPS) is 20.6. The van der Waals surface area contributed by atoms with Crippen LogP contribution in [0, 0.1) is 0 Å². The molecule has 2 aliphatic rings. The van der Waals surface area contributed by atoms with Gasteiger partial charge in [0, 0.05) is 20.4 Å². The van der Waals surface area contributed by atoms with Crippen molar-refractivity contribution in [3.63, 3.8) is 0 Å². The van der Waals surface area contributed by atoms with Crippen LogP contribution in [0.4, 0.5) is 0 Å². The number of hydrogen-bond donors (Lipinski definition) is 1. The summed E-state index contributed by atoms with van der Waals surface area (Å²) in [5, 5.41) is 12.8. The Hall–Kier alpha value is -1.76. The van der Waals surface area contributed by atoms with Crippen LogP contribution in [0.15, 0.2) is 83.0 Å². The molecule has 2 aliphatic carbocycles. The van der Waals surface area contributed by atoms with Gasteiger partial charge in [0.25, 0.3) is 0 Å². The van der Waals surface area contributed by atoms with Crippen molar-refractivity contribution in [1.29, 1.82) is 0 Å². The zero-order valence-electron chi connectivity index (χ0n) is 13.9. The fraction of sp³-hybridized carbons (Fsp3) is 0.182. The standard InChI is InChI=1S/C22H20NO.Re/c23-12-11-17-14-18(20-9-4-10-21(24)22(17)20)13-16-7-3-6-15-5-1-2-8-19(15)16;/h1-8,10,13-14,21,23-24H,9,11-12H2;/q-1;/b18-13+;. The van der Waals surface area contributed by atoms with Crippen LogP contribution < -0.4 is 0 Å². The van der Waals surface area contributed by atoms with Gasteiger partial charge in [0.1, 0.15) is 0 Å². The van der Waals surface area contributed by atoms with Gasteiger partial charge in [-0.05, 0) is 57.5 Å². The first-order chi connectivity index (χ1) is 11.8. The van der Waals surface area contributed by atoms with Crippen LogP contribution in [0.25, 0.3) is 22.6 Å². The van der Waals surface area contributed by atoms with E-state index in [1.807, 2.05) is 12.2 Å². The van der Waals surface area contributed by atoms with Gasteiger partial charge in [0.05, 0.1) is 6.10 Å². The molecule has 0 heterocycles. The van der Waals surface area contributed by atoms with Crippen LogP contribution >= 0.6 is 0 Å². The fourth-order valence-electron chi connectivity index (χ4n) is 3.72. The third-order valence-electron chi connectivity index (χ3n) is 4.81. The zero-order chi connectivity index (χ0) is 16.5. The maximum atomic E-state index is 10.4. The van der Waals surface area contributed by atoms with Crippen molar-refractivity contribution < 1.29 is 25.5 Å². The number of hydrogen-bond acceptors (Lipinski definition) is 1. The average Bonchev–Trinajstić information content (AvgIpc) is 2.95. The van der Waals surface area contributed by atoms with E-state index in [1.165, 1.54) is 27.5 Å². The molecule has 0 saturated heterocycles. The Labute approximate surface area is 162 Å². The first-order valence-electron chi connectivity index (χ1n) is 8.41. The summed E-state index contributed by atoms with van der Waals surface area (Å²) in [5.41, 5.74) is 13.3. The Morgan fingerprint density at radius 2 is 1.92 bits per heavy atom. The van der Waals surface area contributed by atoms with Crippen LogP contribution in [0.1, 0.15) is 18.4 Å². The Balaban J connectivity index is 0.00000182. The van der Waals surface area contributed by atoms with Gasteiger partial charge < -0.3 is 10.8 Å². The number of benzene rings is 2. The molecule has 0 saturated carbocycles. The molecule has 25 heavy (non-hydrogen) atoms. The molecule has 2 aromatic carbocycles. The first kappa shape index (κ1) is 18.0. The van der Waals surface area contributed by atoms with Crippen LogP contribution in [0.3, 0.4) is 0 Å². The molecule has 4 rings (SSSR count). The van der Waals surface area contributed by atoms with Crippen molar-refractivity contribution in [2.75, 3.05) is 6.54 Å². The predicted molar refractivity (Wildman–Crippen MR) is 101 cm³/mol. The fourth-order valence-corrected chi connectivity index (χ4v) is 3.72. The zero-order valence-corrected chi connectivity index (χ0v) is 16.6. The van der Waals surface area contributed by atoms with Crippen LogP contribution in [0.2, 0.25) is 0 Å². The molecule has 1 unspecified atom stereocenters. The molecular formula is C22H20NORe-. The molecule has 0 aromatic heterocycles. The summed E-state index contributed by atoms with van der Waals surface area (Å²) in [4.78, 5) is 0. The van der Waals surface area contributed by atoms with Gasteiger partial charge in [-0.1, -0.05) is 60.7 Å². The number of rotatable bonds is 3. The molecule has 3 heteroatoms. The third kappa shape index (κ3) is 3.34. The largest absolute Gasteiger partial charge is 0.677 e. The number of fused-ring (bicyclic) bond motifs is 1. The van der Waals surface area contributed by atoms with E-state index in [9.17, 15) is 5.11 Å². The third-order valence-corrected chi connectivity index (χ3v) is 4.81. The monoisotopic (exact) mass is 501 g/mol. The summed E-state index contributed by atoms with van der Waals surface area (Å²) in [6.07, 6.45) is 9.29. The first-order valence-corrected chi connectivity index (χ1v) is 8.41. The topological polar surface area (TPSA) is 44.0 Å². The van der Waals surface area contributed by atoms with Crippen molar-refractivity contribution in [1.82, 2.24) is 0 Å². The Kier molecular flexibility index (Phi) is 5.52. The van der Waals surface area contributed by atoms with Crippen molar-refractivity contribution in [2.45, 2.75) is 18.9 Å². The van der Waals surface area contributed by atoms with E-state index in [0.717, 1.165) is 17.6 Å². The van der Waals surface area contributed by atoms with Crippen molar-refractivity contribution in [3.05, 3.63) is 94.3 Å². The molecule has 0 aliphatic heterocycles. The maximum Gasteiger partial charge on any atom is 0.0977 e. The van der Waals surface area contributed by atoms with E-state index in [0.29, 0.717) is 13.0 Å². The predicted octanol–water partition coefficient (Wildman–Crippen LogP) is 5.22. The van der Waals surface area contributed by atoms with Crippen LogP contribution in [-0.4, -0.2) is 17.8 Å². The summed E-state index contributed by atoms with van der Waals surface area (Å²) >= 11 is 0. The minimum absolute atomic E-state index is 0. The minimum Gasteiger partial charge on any atom is -0.677 e. The van der Waals surface area contributed by atoms with E-state index in [2.05, 4.69) is 54.6 Å². The SMILES string of the molecule is [NH-]CCC1=C/C(=C\c2cccc3ccccc23)C2=C1C(O)C=CC2.[Re]. The van der Waals surface area contributed by atoms with Gasteiger partial charge in [-0.25, -0.2) is 0 Å². The molecule has 2 aromatic rings. The molecule has 0 amide bonds. The molecular weight excluding hydrogens is 480 g/mol. The Morgan fingerprint density at radius 1 is 1.12 bits per heavy atom. The summed E-state index contributed by atoms with van der Waals surface area (Å²) in [5.74, 6) is 0. The average molecular weight is 501 g/mol. The summed E-state index contributed by atoms with van der Waals surface area (Å²) in [6, 6.07) is 14.8. The van der Waals surface area contributed by atoms with Gasteiger partial charge in [0.15, 0.2) is 0 Å². The summed E-state index contributed by atoms with van der Waals surface area (Å²) in [6.45, 7) is 0.348. The molecule has 0 bridgehead atoms. The van der Waals surface area contributed by atoms with Gasteiger partial charge in [0.2, 0.25) is 0 Å². The second-order valence-electron chi connectivity index (χ2n) is 6.31. The van der Waals surface area contributed by atoms with E-state index in [4.69, 9.17) is 5.73 Å². The quantitative estimate of drug-likeness (QED) is 0.577. The molecule has 0 spiro atoms. The molecule has 2 nitrogen and oxygen atoms in total. The second-order valence-corrected chi connectivity index (χ2v) is 6.31. The molecule has 127 valence electrons. The van der Waals surface area contributed by atoms with E-state index >= 15 is 0 Å². The molecule has 2 N–H and O–H groups in total. The van der Waals surface area contributed by atoms with Crippen molar-refractivity contribution in [2.24, 2.45) is 0 Å².